The lowest BCUT2D eigenvalue weighted by molar-refractivity contribution is 0.421. The topological polar surface area (TPSA) is 45.4 Å². The molecule has 32 heavy (non-hydrogen) atoms. The number of thioether (sulfide) groups is 1. The molecule has 0 bridgehead atoms. The zero-order valence-corrected chi connectivity index (χ0v) is 19.1. The molecule has 5 rings (SSSR count). The Morgan fingerprint density at radius 3 is 2.00 bits per heavy atom. The van der Waals surface area contributed by atoms with E-state index >= 15 is 0 Å². The third-order valence-electron chi connectivity index (χ3n) is 5.54. The molecule has 5 heteroatoms. The maximum Gasteiger partial charge on any atom is 0.489 e. The number of rotatable bonds is 2. The smallest absolute Gasteiger partial charge is 0.423 e. The Morgan fingerprint density at radius 2 is 1.38 bits per heavy atom. The molecule has 0 aliphatic carbocycles. The first-order chi connectivity index (χ1) is 15.6. The summed E-state index contributed by atoms with van der Waals surface area (Å²) < 4.78 is 2.27. The van der Waals surface area contributed by atoms with E-state index in [9.17, 15) is 10.0 Å². The Morgan fingerprint density at radius 1 is 0.812 bits per heavy atom. The van der Waals surface area contributed by atoms with Crippen molar-refractivity contribution in [2.24, 2.45) is 0 Å². The minimum absolute atomic E-state index is 0.406. The number of hydrogen-bond acceptors (Lipinski definition) is 3. The van der Waals surface area contributed by atoms with Gasteiger partial charge in [-0.15, -0.1) is 11.8 Å². The lowest BCUT2D eigenvalue weighted by Gasteiger charge is -2.14. The molecule has 4 aromatic rings. The van der Waals surface area contributed by atoms with Gasteiger partial charge in [0.05, 0.1) is 11.0 Å². The number of fused-ring (bicyclic) bond motifs is 4. The molecular weight excluding hydrogens is 413 g/mol. The van der Waals surface area contributed by atoms with Crippen LogP contribution >= 0.6 is 11.8 Å². The fraction of sp³-hybridized carbons (Fsp3) is 0.111. The van der Waals surface area contributed by atoms with Gasteiger partial charge in [0.1, 0.15) is 0 Å². The van der Waals surface area contributed by atoms with Crippen LogP contribution < -0.4 is 0 Å². The van der Waals surface area contributed by atoms with E-state index in [0.29, 0.717) is 11.0 Å². The minimum Gasteiger partial charge on any atom is -0.423 e. The summed E-state index contributed by atoms with van der Waals surface area (Å²) in [5.41, 5.74) is 5.31. The fourth-order valence-electron chi connectivity index (χ4n) is 4.10. The van der Waals surface area contributed by atoms with E-state index in [1.807, 2.05) is 38.1 Å². The fourth-order valence-corrected chi connectivity index (χ4v) is 5.15. The molecule has 0 radical (unpaired) electrons. The zero-order chi connectivity index (χ0) is 22.7. The van der Waals surface area contributed by atoms with Gasteiger partial charge in [-0.2, -0.15) is 0 Å². The van der Waals surface area contributed by atoms with Crippen LogP contribution in [-0.2, 0) is 0 Å². The molecule has 0 saturated carbocycles. The number of hydrogen-bond donors (Lipinski definition) is 2. The SMILES string of the molecule is C=C1/C(B(O)O)=C\C=C(\n2c3ccccc3c3ccccc32)CSc2ccccc21.CC. The molecule has 1 aromatic heterocycles. The first-order valence-corrected chi connectivity index (χ1v) is 11.8. The highest BCUT2D eigenvalue weighted by atomic mass is 32.2. The molecule has 0 atom stereocenters. The van der Waals surface area contributed by atoms with Crippen molar-refractivity contribution in [3.05, 3.63) is 103 Å². The van der Waals surface area contributed by atoms with Crippen molar-refractivity contribution in [3.63, 3.8) is 0 Å². The van der Waals surface area contributed by atoms with Crippen LogP contribution in [0.4, 0.5) is 0 Å². The lowest BCUT2D eigenvalue weighted by Crippen LogP contribution is -2.16. The molecule has 3 aromatic carbocycles. The summed E-state index contributed by atoms with van der Waals surface area (Å²) in [6.07, 6.45) is 3.77. The molecule has 0 saturated heterocycles. The highest BCUT2D eigenvalue weighted by molar-refractivity contribution is 7.99. The molecule has 0 amide bonds. The summed E-state index contributed by atoms with van der Waals surface area (Å²) in [4.78, 5) is 1.07. The molecular formula is C27H26BNO2S. The molecule has 2 heterocycles. The predicted octanol–water partition coefficient (Wildman–Crippen LogP) is 6.42. The van der Waals surface area contributed by atoms with Crippen LogP contribution in [0.3, 0.4) is 0 Å². The van der Waals surface area contributed by atoms with E-state index in [4.69, 9.17) is 0 Å². The Kier molecular flexibility index (Phi) is 6.70. The second-order valence-electron chi connectivity index (χ2n) is 7.29. The van der Waals surface area contributed by atoms with Crippen molar-refractivity contribution in [2.75, 3.05) is 5.75 Å². The molecule has 0 spiro atoms. The first-order valence-electron chi connectivity index (χ1n) is 10.8. The van der Waals surface area contributed by atoms with Crippen LogP contribution in [0.25, 0.3) is 33.1 Å². The van der Waals surface area contributed by atoms with E-state index in [0.717, 1.165) is 32.9 Å². The molecule has 1 aliphatic heterocycles. The Bertz CT molecular complexity index is 1300. The van der Waals surface area contributed by atoms with E-state index < -0.39 is 7.12 Å². The van der Waals surface area contributed by atoms with Gasteiger partial charge in [-0.3, -0.25) is 0 Å². The largest absolute Gasteiger partial charge is 0.489 e. The van der Waals surface area contributed by atoms with Crippen molar-refractivity contribution in [1.29, 1.82) is 0 Å². The van der Waals surface area contributed by atoms with Crippen LogP contribution in [-0.4, -0.2) is 27.5 Å². The maximum absolute atomic E-state index is 10.0. The van der Waals surface area contributed by atoms with Gasteiger partial charge in [0, 0.05) is 27.1 Å². The minimum atomic E-state index is -1.59. The highest BCUT2D eigenvalue weighted by Crippen LogP contribution is 2.37. The number of nitrogens with zero attached hydrogens (tertiary/aromatic N) is 1. The molecule has 0 fully saturated rings. The van der Waals surface area contributed by atoms with Crippen molar-refractivity contribution in [2.45, 2.75) is 18.7 Å². The van der Waals surface area contributed by atoms with Crippen LogP contribution in [0.2, 0.25) is 0 Å². The second-order valence-corrected chi connectivity index (χ2v) is 8.30. The Labute approximate surface area is 193 Å². The predicted molar refractivity (Wildman–Crippen MR) is 140 cm³/mol. The van der Waals surface area contributed by atoms with Crippen LogP contribution in [0, 0.1) is 0 Å². The monoisotopic (exact) mass is 439 g/mol. The van der Waals surface area contributed by atoms with E-state index in [-0.39, 0.29) is 0 Å². The van der Waals surface area contributed by atoms with E-state index in [1.54, 1.807) is 17.8 Å². The third kappa shape index (κ3) is 3.95. The summed E-state index contributed by atoms with van der Waals surface area (Å²) in [6.45, 7) is 8.15. The number of aromatic nitrogens is 1. The highest BCUT2D eigenvalue weighted by Gasteiger charge is 2.22. The van der Waals surface area contributed by atoms with Gasteiger partial charge in [-0.25, -0.2) is 0 Å². The number of para-hydroxylation sites is 2. The van der Waals surface area contributed by atoms with Gasteiger partial charge < -0.3 is 14.6 Å². The molecule has 1 aliphatic rings. The van der Waals surface area contributed by atoms with E-state index in [1.165, 1.54) is 10.8 Å². The van der Waals surface area contributed by atoms with Gasteiger partial charge in [0.25, 0.3) is 0 Å². The second kappa shape index (κ2) is 9.66. The van der Waals surface area contributed by atoms with Gasteiger partial charge in [0.15, 0.2) is 0 Å². The van der Waals surface area contributed by atoms with Gasteiger partial charge in [0.2, 0.25) is 0 Å². The van der Waals surface area contributed by atoms with Crippen LogP contribution in [0.5, 0.6) is 0 Å². The van der Waals surface area contributed by atoms with Gasteiger partial charge in [-0.05, 0) is 40.9 Å². The maximum atomic E-state index is 10.0. The summed E-state index contributed by atoms with van der Waals surface area (Å²) in [7, 11) is -1.59. The quantitative estimate of drug-likeness (QED) is 0.355. The Balaban J connectivity index is 0.00000119. The van der Waals surface area contributed by atoms with Crippen molar-refractivity contribution in [1.82, 2.24) is 4.57 Å². The zero-order valence-electron chi connectivity index (χ0n) is 18.3. The van der Waals surface area contributed by atoms with Crippen LogP contribution in [0.15, 0.2) is 102 Å². The Hall–Kier alpha value is -2.99. The number of benzene rings is 3. The number of allylic oxidation sites excluding steroid dienone is 4. The van der Waals surface area contributed by atoms with Crippen molar-refractivity contribution in [3.8, 4) is 0 Å². The summed E-state index contributed by atoms with van der Waals surface area (Å²) >= 11 is 1.73. The van der Waals surface area contributed by atoms with Gasteiger partial charge in [-0.1, -0.05) is 81.1 Å². The molecule has 2 N–H and O–H groups in total. The summed E-state index contributed by atoms with van der Waals surface area (Å²) in [5.74, 6) is 0.734. The van der Waals surface area contributed by atoms with Crippen molar-refractivity contribution < 1.29 is 10.0 Å². The average molecular weight is 439 g/mol. The normalized spacial score (nSPS) is 17.1. The molecule has 160 valence electrons. The average Bonchev–Trinajstić information content (AvgIpc) is 3.19. The van der Waals surface area contributed by atoms with E-state index in [2.05, 4.69) is 65.7 Å². The molecule has 3 nitrogen and oxygen atoms in total. The first kappa shape index (κ1) is 22.2. The summed E-state index contributed by atoms with van der Waals surface area (Å²) in [6, 6.07) is 24.8. The standard InChI is InChI=1S/C25H20BNO2S.C2H6/c1-17-19-8-4-7-13-25(19)30-16-18(14-15-22(17)26(28)29)27-23-11-5-2-9-20(23)21-10-3-6-12-24(21)27;1-2/h2-15,28-29H,1,16H2;1-2H3/b18-14+,22-15+;. The third-order valence-corrected chi connectivity index (χ3v) is 6.64. The lowest BCUT2D eigenvalue weighted by atomic mass is 9.73. The molecule has 0 unspecified atom stereocenters. The van der Waals surface area contributed by atoms with Gasteiger partial charge >= 0.3 is 7.12 Å². The van der Waals surface area contributed by atoms with Crippen molar-refractivity contribution >= 4 is 52.0 Å². The van der Waals surface area contributed by atoms with Crippen LogP contribution in [0.1, 0.15) is 19.4 Å². The summed E-state index contributed by atoms with van der Waals surface area (Å²) in [5, 5.41) is 22.5.